The Morgan fingerprint density at radius 2 is 2.05 bits per heavy atom. The van der Waals surface area contributed by atoms with Crippen molar-refractivity contribution in [2.24, 2.45) is 0 Å². The molecule has 0 aliphatic carbocycles. The number of likely N-dealkylation sites (N-methyl/N-ethyl adjacent to an activating group) is 1. The van der Waals surface area contributed by atoms with Gasteiger partial charge in [-0.3, -0.25) is 14.8 Å². The summed E-state index contributed by atoms with van der Waals surface area (Å²) < 4.78 is 0. The molecule has 0 saturated carbocycles. The molecular weight excluding hydrogens is 288 g/mol. The summed E-state index contributed by atoms with van der Waals surface area (Å²) in [5.74, 6) is 0.519. The molecule has 1 amide bonds. The lowest BCUT2D eigenvalue weighted by Gasteiger charge is -2.20. The number of aromatic nitrogens is 2. The average Bonchev–Trinajstić information content (AvgIpc) is 2.87. The highest BCUT2D eigenvalue weighted by molar-refractivity contribution is 6.30. The third-order valence-corrected chi connectivity index (χ3v) is 3.59. The van der Waals surface area contributed by atoms with Crippen molar-refractivity contribution in [3.63, 3.8) is 0 Å². The summed E-state index contributed by atoms with van der Waals surface area (Å²) in [6.45, 7) is 4.42. The van der Waals surface area contributed by atoms with E-state index in [-0.39, 0.29) is 5.91 Å². The fourth-order valence-electron chi connectivity index (χ4n) is 1.82. The number of hydrogen-bond acceptors (Lipinski definition) is 3. The summed E-state index contributed by atoms with van der Waals surface area (Å²) >= 11 is 5.89. The van der Waals surface area contributed by atoms with E-state index in [2.05, 4.69) is 15.5 Å². The maximum absolute atomic E-state index is 12.0. The Morgan fingerprint density at radius 1 is 1.38 bits per heavy atom. The molecule has 0 atom stereocenters. The number of halogens is 1. The number of nitrogens with zero attached hydrogens (tertiary/aromatic N) is 2. The quantitative estimate of drug-likeness (QED) is 0.892. The molecule has 1 heterocycles. The van der Waals surface area contributed by atoms with Gasteiger partial charge in [-0.15, -0.1) is 0 Å². The van der Waals surface area contributed by atoms with Gasteiger partial charge < -0.3 is 5.32 Å². The highest BCUT2D eigenvalue weighted by Gasteiger charge is 2.13. The number of amides is 1. The van der Waals surface area contributed by atoms with Gasteiger partial charge in [0.05, 0.1) is 12.7 Å². The molecule has 0 unspecified atom stereocenters. The van der Waals surface area contributed by atoms with Crippen LogP contribution in [0.1, 0.15) is 13.8 Å². The van der Waals surface area contributed by atoms with Crippen molar-refractivity contribution in [2.75, 3.05) is 18.9 Å². The fourth-order valence-corrected chi connectivity index (χ4v) is 1.94. The van der Waals surface area contributed by atoms with Gasteiger partial charge in [0.15, 0.2) is 0 Å². The van der Waals surface area contributed by atoms with E-state index in [1.807, 2.05) is 50.1 Å². The third-order valence-electron chi connectivity index (χ3n) is 3.33. The van der Waals surface area contributed by atoms with Gasteiger partial charge in [-0.2, -0.15) is 5.10 Å². The normalized spacial score (nSPS) is 11.1. The molecule has 2 rings (SSSR count). The predicted molar refractivity (Wildman–Crippen MR) is 85.4 cm³/mol. The van der Waals surface area contributed by atoms with Gasteiger partial charge in [0.25, 0.3) is 0 Å². The molecule has 21 heavy (non-hydrogen) atoms. The number of aromatic amines is 1. The predicted octanol–water partition coefficient (Wildman–Crippen LogP) is 3.01. The van der Waals surface area contributed by atoms with Gasteiger partial charge >= 0.3 is 0 Å². The van der Waals surface area contributed by atoms with E-state index in [1.165, 1.54) is 0 Å². The van der Waals surface area contributed by atoms with Crippen molar-refractivity contribution in [3.05, 3.63) is 35.5 Å². The highest BCUT2D eigenvalue weighted by atomic mass is 35.5. The number of carbonyl (C=O) groups is 1. The van der Waals surface area contributed by atoms with Crippen LogP contribution in [0, 0.1) is 0 Å². The number of nitrogens with one attached hydrogen (secondary N) is 2. The second-order valence-electron chi connectivity index (χ2n) is 5.22. The lowest BCUT2D eigenvalue weighted by molar-refractivity contribution is -0.117. The Hall–Kier alpha value is -1.85. The van der Waals surface area contributed by atoms with Crippen molar-refractivity contribution >= 4 is 23.3 Å². The molecule has 5 nitrogen and oxygen atoms in total. The maximum atomic E-state index is 12.0. The molecular formula is C15H19ClN4O. The Morgan fingerprint density at radius 3 is 2.67 bits per heavy atom. The molecule has 112 valence electrons. The molecule has 0 bridgehead atoms. The molecule has 0 aliphatic rings. The second kappa shape index (κ2) is 6.74. The van der Waals surface area contributed by atoms with Crippen LogP contribution in [-0.2, 0) is 4.79 Å². The van der Waals surface area contributed by atoms with Crippen molar-refractivity contribution < 1.29 is 4.79 Å². The maximum Gasteiger partial charge on any atom is 0.239 e. The van der Waals surface area contributed by atoms with Crippen molar-refractivity contribution in [3.8, 4) is 11.1 Å². The van der Waals surface area contributed by atoms with Crippen LogP contribution in [0.25, 0.3) is 11.1 Å². The number of benzene rings is 1. The van der Waals surface area contributed by atoms with Gasteiger partial charge in [0.1, 0.15) is 5.82 Å². The topological polar surface area (TPSA) is 61.0 Å². The van der Waals surface area contributed by atoms with Crippen LogP contribution in [-0.4, -0.2) is 40.6 Å². The average molecular weight is 307 g/mol. The number of rotatable bonds is 5. The number of anilines is 1. The van der Waals surface area contributed by atoms with Crippen LogP contribution in [0.15, 0.2) is 30.5 Å². The van der Waals surface area contributed by atoms with Crippen molar-refractivity contribution in [1.29, 1.82) is 0 Å². The van der Waals surface area contributed by atoms with E-state index in [9.17, 15) is 4.79 Å². The van der Waals surface area contributed by atoms with Crippen LogP contribution in [0.4, 0.5) is 5.82 Å². The third kappa shape index (κ3) is 4.06. The minimum Gasteiger partial charge on any atom is -0.309 e. The van der Waals surface area contributed by atoms with E-state index in [4.69, 9.17) is 11.6 Å². The van der Waals surface area contributed by atoms with Crippen LogP contribution in [0.2, 0.25) is 5.02 Å². The van der Waals surface area contributed by atoms with E-state index >= 15 is 0 Å². The van der Waals surface area contributed by atoms with E-state index in [1.54, 1.807) is 6.20 Å². The Bertz CT molecular complexity index is 606. The van der Waals surface area contributed by atoms with E-state index in [0.29, 0.717) is 23.4 Å². The Kier molecular flexibility index (Phi) is 4.98. The highest BCUT2D eigenvalue weighted by Crippen LogP contribution is 2.26. The van der Waals surface area contributed by atoms with Crippen LogP contribution in [0.3, 0.4) is 0 Å². The van der Waals surface area contributed by atoms with Crippen LogP contribution in [0.5, 0.6) is 0 Å². The summed E-state index contributed by atoms with van der Waals surface area (Å²) in [5, 5.41) is 10.4. The lowest BCUT2D eigenvalue weighted by atomic mass is 10.1. The van der Waals surface area contributed by atoms with Gasteiger partial charge in [-0.1, -0.05) is 23.7 Å². The zero-order valence-corrected chi connectivity index (χ0v) is 13.1. The van der Waals surface area contributed by atoms with Gasteiger partial charge in [0, 0.05) is 16.6 Å². The first kappa shape index (κ1) is 15.5. The van der Waals surface area contributed by atoms with Crippen molar-refractivity contribution in [1.82, 2.24) is 15.1 Å². The molecule has 0 fully saturated rings. The molecule has 1 aromatic heterocycles. The molecule has 0 saturated heterocycles. The zero-order chi connectivity index (χ0) is 15.4. The summed E-state index contributed by atoms with van der Waals surface area (Å²) in [6, 6.07) is 7.71. The number of H-pyrrole nitrogens is 1. The first-order valence-electron chi connectivity index (χ1n) is 6.76. The molecule has 6 heteroatoms. The minimum absolute atomic E-state index is 0.0781. The van der Waals surface area contributed by atoms with E-state index in [0.717, 1.165) is 11.1 Å². The fraction of sp³-hybridized carbons (Fsp3) is 0.333. The first-order valence-corrected chi connectivity index (χ1v) is 7.14. The Balaban J connectivity index is 2.10. The molecule has 0 spiro atoms. The van der Waals surface area contributed by atoms with Gasteiger partial charge in [-0.05, 0) is 38.6 Å². The van der Waals surface area contributed by atoms with Crippen molar-refractivity contribution in [2.45, 2.75) is 19.9 Å². The first-order chi connectivity index (χ1) is 9.97. The number of carbonyl (C=O) groups excluding carboxylic acids is 1. The molecule has 2 aromatic rings. The monoisotopic (exact) mass is 306 g/mol. The minimum atomic E-state index is -0.0781. The standard InChI is InChI=1S/C15H19ClN4O/c1-10(2)20(3)9-14(21)18-15-13(8-17-19-15)11-4-6-12(16)7-5-11/h4-8,10H,9H2,1-3H3,(H2,17,18,19,21). The van der Waals surface area contributed by atoms with E-state index < -0.39 is 0 Å². The van der Waals surface area contributed by atoms with Crippen LogP contribution < -0.4 is 5.32 Å². The smallest absolute Gasteiger partial charge is 0.239 e. The van der Waals surface area contributed by atoms with Gasteiger partial charge in [-0.25, -0.2) is 0 Å². The molecule has 2 N–H and O–H groups in total. The Labute approximate surface area is 129 Å². The van der Waals surface area contributed by atoms with Crippen LogP contribution >= 0.6 is 11.6 Å². The SMILES string of the molecule is CC(C)N(C)CC(=O)Nc1[nH]ncc1-c1ccc(Cl)cc1. The largest absolute Gasteiger partial charge is 0.309 e. The molecule has 0 aliphatic heterocycles. The molecule has 1 aromatic carbocycles. The lowest BCUT2D eigenvalue weighted by Crippen LogP contribution is -2.34. The summed E-state index contributed by atoms with van der Waals surface area (Å²) in [5.41, 5.74) is 1.79. The second-order valence-corrected chi connectivity index (χ2v) is 5.66. The number of hydrogen-bond donors (Lipinski definition) is 2. The van der Waals surface area contributed by atoms with Gasteiger partial charge in [0.2, 0.25) is 5.91 Å². The molecule has 0 radical (unpaired) electrons. The summed E-state index contributed by atoms with van der Waals surface area (Å²) in [4.78, 5) is 14.0. The zero-order valence-electron chi connectivity index (χ0n) is 12.4. The summed E-state index contributed by atoms with van der Waals surface area (Å²) in [6.07, 6.45) is 1.69. The summed E-state index contributed by atoms with van der Waals surface area (Å²) in [7, 11) is 1.91.